The minimum Gasteiger partial charge on any atom is -0.463 e. The fourth-order valence-electron chi connectivity index (χ4n) is 2.63. The van der Waals surface area contributed by atoms with E-state index in [1.54, 1.807) is 0 Å². The second kappa shape index (κ2) is 10.3. The molecular weight excluding hydrogens is 406 g/mol. The zero-order valence-corrected chi connectivity index (χ0v) is 17.7. The van der Waals surface area contributed by atoms with Crippen LogP contribution in [0.3, 0.4) is 0 Å². The standard InChI is InChI=1S/C18H27NO11/c1-8(20)25-7-12-13(26-9(2)21)14(27-10(3)22)15(28-11(4)23)16(29-12)30-18(5,6)17(19)24/h12-16H,7H2,1-6H3,(H2,19,24)/t12-,13-,14+,15-,16+/m1/s1. The molecule has 12 nitrogen and oxygen atoms in total. The van der Waals surface area contributed by atoms with E-state index in [1.165, 1.54) is 13.8 Å². The molecule has 1 fully saturated rings. The summed E-state index contributed by atoms with van der Waals surface area (Å²) in [7, 11) is 0. The quantitative estimate of drug-likeness (QED) is 0.381. The Morgan fingerprint density at radius 2 is 1.27 bits per heavy atom. The molecule has 5 atom stereocenters. The molecule has 0 bridgehead atoms. The Balaban J connectivity index is 3.41. The largest absolute Gasteiger partial charge is 0.463 e. The second-order valence-electron chi connectivity index (χ2n) is 7.06. The third-order valence-corrected chi connectivity index (χ3v) is 3.95. The normalized spacial score (nSPS) is 26.3. The zero-order chi connectivity index (χ0) is 23.2. The van der Waals surface area contributed by atoms with Crippen molar-refractivity contribution in [2.45, 2.75) is 77.8 Å². The van der Waals surface area contributed by atoms with Gasteiger partial charge in [0.05, 0.1) is 0 Å². The van der Waals surface area contributed by atoms with Crippen molar-refractivity contribution in [3.63, 3.8) is 0 Å². The minimum absolute atomic E-state index is 0.408. The molecule has 1 saturated heterocycles. The molecule has 0 aromatic heterocycles. The van der Waals surface area contributed by atoms with E-state index in [0.717, 1.165) is 27.7 Å². The van der Waals surface area contributed by atoms with Crippen LogP contribution in [-0.2, 0) is 52.4 Å². The van der Waals surface area contributed by atoms with Crippen molar-refractivity contribution in [2.75, 3.05) is 6.61 Å². The number of rotatable bonds is 8. The number of esters is 4. The van der Waals surface area contributed by atoms with Gasteiger partial charge in [-0.1, -0.05) is 0 Å². The predicted octanol–water partition coefficient (Wildman–Crippen LogP) is -0.650. The van der Waals surface area contributed by atoms with Crippen molar-refractivity contribution in [2.24, 2.45) is 5.73 Å². The first kappa shape index (κ1) is 25.3. The van der Waals surface area contributed by atoms with Gasteiger partial charge >= 0.3 is 23.9 Å². The third-order valence-electron chi connectivity index (χ3n) is 3.95. The highest BCUT2D eigenvalue weighted by molar-refractivity contribution is 5.82. The molecule has 1 heterocycles. The first-order chi connectivity index (χ1) is 13.7. The Morgan fingerprint density at radius 3 is 1.70 bits per heavy atom. The van der Waals surface area contributed by atoms with E-state index in [0.29, 0.717) is 0 Å². The molecule has 0 aromatic carbocycles. The van der Waals surface area contributed by atoms with Crippen LogP contribution in [0.25, 0.3) is 0 Å². The van der Waals surface area contributed by atoms with Gasteiger partial charge in [-0.15, -0.1) is 0 Å². The molecule has 0 saturated carbocycles. The van der Waals surface area contributed by atoms with Crippen LogP contribution in [0.1, 0.15) is 41.5 Å². The van der Waals surface area contributed by atoms with Gasteiger partial charge < -0.3 is 34.2 Å². The second-order valence-corrected chi connectivity index (χ2v) is 7.06. The van der Waals surface area contributed by atoms with Crippen molar-refractivity contribution in [1.29, 1.82) is 0 Å². The highest BCUT2D eigenvalue weighted by Crippen LogP contribution is 2.32. The van der Waals surface area contributed by atoms with Crippen molar-refractivity contribution in [1.82, 2.24) is 0 Å². The van der Waals surface area contributed by atoms with Gasteiger partial charge in [-0.3, -0.25) is 24.0 Å². The van der Waals surface area contributed by atoms with E-state index in [9.17, 15) is 24.0 Å². The van der Waals surface area contributed by atoms with E-state index in [1.807, 2.05) is 0 Å². The molecule has 2 N–H and O–H groups in total. The summed E-state index contributed by atoms with van der Waals surface area (Å²) >= 11 is 0. The van der Waals surface area contributed by atoms with Crippen LogP contribution in [0.5, 0.6) is 0 Å². The number of nitrogens with two attached hydrogens (primary N) is 1. The first-order valence-electron chi connectivity index (χ1n) is 9.02. The van der Waals surface area contributed by atoms with Crippen LogP contribution in [0.4, 0.5) is 0 Å². The SMILES string of the molecule is CC(=O)OC[C@H]1O[C@@H](OC(C)(C)C(N)=O)[C@H](OC(C)=O)[C@@H](OC(C)=O)[C@@H]1OC(C)=O. The summed E-state index contributed by atoms with van der Waals surface area (Å²) in [5.74, 6) is -3.83. The Labute approximate surface area is 173 Å². The molecule has 0 radical (unpaired) electrons. The smallest absolute Gasteiger partial charge is 0.303 e. The average Bonchev–Trinajstić information content (AvgIpc) is 2.56. The van der Waals surface area contributed by atoms with Gasteiger partial charge in [0.15, 0.2) is 24.6 Å². The number of hydrogen-bond donors (Lipinski definition) is 1. The minimum atomic E-state index is -1.58. The monoisotopic (exact) mass is 433 g/mol. The number of primary amides is 1. The zero-order valence-electron chi connectivity index (χ0n) is 17.7. The maximum atomic E-state index is 11.7. The lowest BCUT2D eigenvalue weighted by Crippen LogP contribution is -2.64. The van der Waals surface area contributed by atoms with Crippen LogP contribution in [0.15, 0.2) is 0 Å². The molecule has 0 aliphatic carbocycles. The van der Waals surface area contributed by atoms with Crippen LogP contribution >= 0.6 is 0 Å². The molecule has 0 unspecified atom stereocenters. The molecular formula is C18H27NO11. The van der Waals surface area contributed by atoms with E-state index >= 15 is 0 Å². The predicted molar refractivity (Wildman–Crippen MR) is 96.3 cm³/mol. The summed E-state index contributed by atoms with van der Waals surface area (Å²) in [6.45, 7) is 6.73. The number of hydrogen-bond acceptors (Lipinski definition) is 11. The summed E-state index contributed by atoms with van der Waals surface area (Å²) in [5, 5.41) is 0. The number of ether oxygens (including phenoxy) is 6. The third kappa shape index (κ3) is 7.26. The van der Waals surface area contributed by atoms with Crippen LogP contribution < -0.4 is 5.73 Å². The highest BCUT2D eigenvalue weighted by atomic mass is 16.7. The van der Waals surface area contributed by atoms with Crippen molar-refractivity contribution < 1.29 is 52.4 Å². The van der Waals surface area contributed by atoms with E-state index in [2.05, 4.69) is 0 Å². The maximum Gasteiger partial charge on any atom is 0.303 e. The molecule has 1 aliphatic rings. The van der Waals surface area contributed by atoms with Crippen molar-refractivity contribution in [3.8, 4) is 0 Å². The topological polar surface area (TPSA) is 167 Å². The van der Waals surface area contributed by atoms with E-state index in [4.69, 9.17) is 34.2 Å². The molecule has 1 rings (SSSR count). The number of carbonyl (C=O) groups excluding carboxylic acids is 5. The number of carbonyl (C=O) groups is 5. The lowest BCUT2D eigenvalue weighted by molar-refractivity contribution is -0.323. The summed E-state index contributed by atoms with van der Waals surface area (Å²) < 4.78 is 31.9. The van der Waals surface area contributed by atoms with Gasteiger partial charge in [-0.25, -0.2) is 0 Å². The molecule has 0 spiro atoms. The molecule has 1 amide bonds. The van der Waals surface area contributed by atoms with Gasteiger partial charge in [-0.2, -0.15) is 0 Å². The highest BCUT2D eigenvalue weighted by Gasteiger charge is 2.54. The Kier molecular flexibility index (Phi) is 8.73. The summed E-state index contributed by atoms with van der Waals surface area (Å²) in [5.41, 5.74) is 3.75. The van der Waals surface area contributed by atoms with Crippen LogP contribution in [0.2, 0.25) is 0 Å². The fourth-order valence-corrected chi connectivity index (χ4v) is 2.63. The molecule has 170 valence electrons. The summed E-state index contributed by atoms with van der Waals surface area (Å²) in [6, 6.07) is 0. The molecule has 0 aromatic rings. The van der Waals surface area contributed by atoms with Gasteiger partial charge in [0, 0.05) is 27.7 Å². The van der Waals surface area contributed by atoms with Crippen LogP contribution in [0, 0.1) is 0 Å². The van der Waals surface area contributed by atoms with Gasteiger partial charge in [0.25, 0.3) is 0 Å². The first-order valence-corrected chi connectivity index (χ1v) is 9.02. The van der Waals surface area contributed by atoms with Gasteiger partial charge in [0.2, 0.25) is 5.91 Å². The Morgan fingerprint density at radius 1 is 0.800 bits per heavy atom. The van der Waals surface area contributed by atoms with Crippen LogP contribution in [-0.4, -0.2) is 72.7 Å². The molecule has 30 heavy (non-hydrogen) atoms. The van der Waals surface area contributed by atoms with Crippen molar-refractivity contribution in [3.05, 3.63) is 0 Å². The van der Waals surface area contributed by atoms with E-state index in [-0.39, 0.29) is 0 Å². The molecule has 12 heteroatoms. The fraction of sp³-hybridized carbons (Fsp3) is 0.722. The lowest BCUT2D eigenvalue weighted by Gasteiger charge is -2.45. The Bertz CT molecular complexity index is 690. The van der Waals surface area contributed by atoms with E-state index < -0.39 is 72.7 Å². The summed E-state index contributed by atoms with van der Waals surface area (Å²) in [6.07, 6.45) is -6.79. The molecule has 1 aliphatic heterocycles. The van der Waals surface area contributed by atoms with Gasteiger partial charge in [-0.05, 0) is 13.8 Å². The number of amides is 1. The van der Waals surface area contributed by atoms with Gasteiger partial charge in [0.1, 0.15) is 18.3 Å². The maximum absolute atomic E-state index is 11.7. The van der Waals surface area contributed by atoms with Crippen molar-refractivity contribution >= 4 is 29.8 Å². The average molecular weight is 433 g/mol. The lowest BCUT2D eigenvalue weighted by atomic mass is 9.97. The summed E-state index contributed by atoms with van der Waals surface area (Å²) in [4.78, 5) is 58.0. The Hall–Kier alpha value is -2.73.